The fraction of sp³-hybridized carbons (Fsp3) is 0.938. The van der Waals surface area contributed by atoms with E-state index in [-0.39, 0.29) is 6.04 Å². The highest BCUT2D eigenvalue weighted by Gasteiger charge is 2.27. The molecule has 2 rings (SSSR count). The number of piperidine rings is 1. The summed E-state index contributed by atoms with van der Waals surface area (Å²) in [5, 5.41) is 9.06. The van der Waals surface area contributed by atoms with Crippen molar-refractivity contribution in [2.24, 2.45) is 5.92 Å². The molecule has 0 amide bonds. The predicted molar refractivity (Wildman–Crippen MR) is 82.5 cm³/mol. The van der Waals surface area contributed by atoms with Gasteiger partial charge in [0.1, 0.15) is 6.04 Å². The molecule has 0 aliphatic carbocycles. The van der Waals surface area contributed by atoms with Crippen molar-refractivity contribution >= 4 is 5.97 Å². The van der Waals surface area contributed by atoms with Crippen LogP contribution < -0.4 is 0 Å². The maximum Gasteiger partial charge on any atom is 0.320 e. The summed E-state index contributed by atoms with van der Waals surface area (Å²) < 4.78 is 5.77. The Bertz CT molecular complexity index is 332. The molecular weight excluding hydrogens is 268 g/mol. The Balaban J connectivity index is 1.68. The van der Waals surface area contributed by atoms with E-state index < -0.39 is 5.97 Å². The van der Waals surface area contributed by atoms with E-state index in [4.69, 9.17) is 9.84 Å². The van der Waals surface area contributed by atoms with Crippen LogP contribution in [0, 0.1) is 5.92 Å². The molecule has 122 valence electrons. The standard InChI is InChI=1S/C16H30N2O3/c1-12-10-17(11-13(2)21-12)7-4-15-5-8-18(9-6-15)14(3)16(19)20/h12-15H,4-11H2,1-3H3,(H,19,20)/t12-,13-,14-/m1/s1. The molecule has 0 radical (unpaired) electrons. The number of carboxylic acids is 1. The van der Waals surface area contributed by atoms with Crippen LogP contribution in [0.4, 0.5) is 0 Å². The molecule has 2 heterocycles. The summed E-state index contributed by atoms with van der Waals surface area (Å²) in [4.78, 5) is 15.6. The van der Waals surface area contributed by atoms with E-state index in [2.05, 4.69) is 23.6 Å². The number of carbonyl (C=O) groups is 1. The van der Waals surface area contributed by atoms with Crippen LogP contribution in [-0.4, -0.2) is 71.8 Å². The van der Waals surface area contributed by atoms with Gasteiger partial charge >= 0.3 is 5.97 Å². The molecule has 5 nitrogen and oxygen atoms in total. The van der Waals surface area contributed by atoms with Crippen molar-refractivity contribution in [2.45, 2.75) is 58.3 Å². The van der Waals surface area contributed by atoms with Gasteiger partial charge in [0.25, 0.3) is 0 Å². The Morgan fingerprint density at radius 1 is 1.24 bits per heavy atom. The Morgan fingerprint density at radius 3 is 2.33 bits per heavy atom. The lowest BCUT2D eigenvalue weighted by Crippen LogP contribution is -2.47. The van der Waals surface area contributed by atoms with E-state index in [1.165, 1.54) is 6.42 Å². The minimum atomic E-state index is -0.704. The molecule has 5 heteroatoms. The molecule has 2 aliphatic heterocycles. The van der Waals surface area contributed by atoms with Gasteiger partial charge in [-0.2, -0.15) is 0 Å². The molecule has 0 saturated carbocycles. The van der Waals surface area contributed by atoms with Crippen molar-refractivity contribution in [3.8, 4) is 0 Å². The minimum Gasteiger partial charge on any atom is -0.480 e. The van der Waals surface area contributed by atoms with Crippen LogP contribution in [0.3, 0.4) is 0 Å². The maximum atomic E-state index is 11.0. The topological polar surface area (TPSA) is 53.0 Å². The van der Waals surface area contributed by atoms with Gasteiger partial charge in [-0.1, -0.05) is 0 Å². The highest BCUT2D eigenvalue weighted by atomic mass is 16.5. The first-order chi connectivity index (χ1) is 9.95. The zero-order chi connectivity index (χ0) is 15.4. The second-order valence-electron chi connectivity index (χ2n) is 6.80. The van der Waals surface area contributed by atoms with E-state index in [0.29, 0.717) is 12.2 Å². The maximum absolute atomic E-state index is 11.0. The molecule has 2 fully saturated rings. The van der Waals surface area contributed by atoms with Crippen LogP contribution in [-0.2, 0) is 9.53 Å². The van der Waals surface area contributed by atoms with Crippen LogP contribution >= 0.6 is 0 Å². The molecule has 3 atom stereocenters. The third-order valence-corrected chi connectivity index (χ3v) is 4.90. The second-order valence-corrected chi connectivity index (χ2v) is 6.80. The number of rotatable bonds is 5. The Labute approximate surface area is 128 Å². The van der Waals surface area contributed by atoms with E-state index in [9.17, 15) is 4.79 Å². The first kappa shape index (κ1) is 16.7. The fourth-order valence-electron chi connectivity index (χ4n) is 3.62. The van der Waals surface area contributed by atoms with Gasteiger partial charge in [-0.3, -0.25) is 14.6 Å². The first-order valence-corrected chi connectivity index (χ1v) is 8.30. The fourth-order valence-corrected chi connectivity index (χ4v) is 3.62. The summed E-state index contributed by atoms with van der Waals surface area (Å²) in [6.45, 7) is 11.2. The van der Waals surface area contributed by atoms with Crippen molar-refractivity contribution < 1.29 is 14.6 Å². The van der Waals surface area contributed by atoms with Crippen LogP contribution in [0.2, 0.25) is 0 Å². The van der Waals surface area contributed by atoms with Crippen LogP contribution in [0.1, 0.15) is 40.0 Å². The summed E-state index contributed by atoms with van der Waals surface area (Å²) in [6.07, 6.45) is 4.17. The van der Waals surface area contributed by atoms with Gasteiger partial charge < -0.3 is 9.84 Å². The van der Waals surface area contributed by atoms with Crippen LogP contribution in [0.5, 0.6) is 0 Å². The Kier molecular flexibility index (Phi) is 6.02. The average Bonchev–Trinajstić information content (AvgIpc) is 2.44. The lowest BCUT2D eigenvalue weighted by Gasteiger charge is -2.38. The van der Waals surface area contributed by atoms with Gasteiger partial charge in [0.15, 0.2) is 0 Å². The zero-order valence-corrected chi connectivity index (χ0v) is 13.6. The smallest absolute Gasteiger partial charge is 0.320 e. The van der Waals surface area contributed by atoms with Crippen molar-refractivity contribution in [1.82, 2.24) is 9.80 Å². The quantitative estimate of drug-likeness (QED) is 0.837. The number of likely N-dealkylation sites (tertiary alicyclic amines) is 1. The highest BCUT2D eigenvalue weighted by Crippen LogP contribution is 2.23. The van der Waals surface area contributed by atoms with Gasteiger partial charge in [-0.25, -0.2) is 0 Å². The van der Waals surface area contributed by atoms with Gasteiger partial charge in [0.05, 0.1) is 12.2 Å². The SMILES string of the molecule is C[C@@H]1CN(CCC2CCN([C@H](C)C(=O)O)CC2)C[C@@H](C)O1. The molecule has 2 aliphatic rings. The first-order valence-electron chi connectivity index (χ1n) is 8.30. The molecule has 0 aromatic heterocycles. The van der Waals surface area contributed by atoms with Crippen LogP contribution in [0.25, 0.3) is 0 Å². The number of morpholine rings is 1. The van der Waals surface area contributed by atoms with Gasteiger partial charge in [-0.15, -0.1) is 0 Å². The summed E-state index contributed by atoms with van der Waals surface area (Å²) in [5.41, 5.74) is 0. The highest BCUT2D eigenvalue weighted by molar-refractivity contribution is 5.72. The number of nitrogens with zero attached hydrogens (tertiary/aromatic N) is 2. The number of hydrogen-bond acceptors (Lipinski definition) is 4. The lowest BCUT2D eigenvalue weighted by molar-refractivity contribution is -0.143. The van der Waals surface area contributed by atoms with Gasteiger partial charge in [-0.05, 0) is 65.6 Å². The second kappa shape index (κ2) is 7.56. The summed E-state index contributed by atoms with van der Waals surface area (Å²) in [5.74, 6) is 0.0421. The number of carboxylic acid groups (broad SMARTS) is 1. The monoisotopic (exact) mass is 298 g/mol. The molecule has 2 saturated heterocycles. The van der Waals surface area contributed by atoms with Gasteiger partial charge in [0.2, 0.25) is 0 Å². The summed E-state index contributed by atoms with van der Waals surface area (Å²) in [7, 11) is 0. The predicted octanol–water partition coefficient (Wildman–Crippen LogP) is 1.67. The van der Waals surface area contributed by atoms with Gasteiger partial charge in [0, 0.05) is 13.1 Å². The molecular formula is C16H30N2O3. The van der Waals surface area contributed by atoms with E-state index in [1.54, 1.807) is 6.92 Å². The Morgan fingerprint density at radius 2 is 1.81 bits per heavy atom. The van der Waals surface area contributed by atoms with E-state index in [0.717, 1.165) is 51.5 Å². The molecule has 0 aromatic carbocycles. The van der Waals surface area contributed by atoms with Crippen molar-refractivity contribution in [1.29, 1.82) is 0 Å². The third-order valence-electron chi connectivity index (χ3n) is 4.90. The third kappa shape index (κ3) is 4.94. The Hall–Kier alpha value is -0.650. The largest absolute Gasteiger partial charge is 0.480 e. The number of ether oxygens (including phenoxy) is 1. The molecule has 1 N–H and O–H groups in total. The molecule has 0 unspecified atom stereocenters. The molecule has 0 aromatic rings. The van der Waals surface area contributed by atoms with E-state index >= 15 is 0 Å². The molecule has 0 spiro atoms. The van der Waals surface area contributed by atoms with Crippen molar-refractivity contribution in [3.05, 3.63) is 0 Å². The average molecular weight is 298 g/mol. The van der Waals surface area contributed by atoms with Crippen LogP contribution in [0.15, 0.2) is 0 Å². The minimum absolute atomic E-state index is 0.340. The summed E-state index contributed by atoms with van der Waals surface area (Å²) >= 11 is 0. The lowest BCUT2D eigenvalue weighted by atomic mass is 9.92. The normalized spacial score (nSPS) is 31.2. The number of aliphatic carboxylic acids is 1. The zero-order valence-electron chi connectivity index (χ0n) is 13.6. The molecule has 21 heavy (non-hydrogen) atoms. The molecule has 0 bridgehead atoms. The van der Waals surface area contributed by atoms with E-state index in [1.807, 2.05) is 0 Å². The summed E-state index contributed by atoms with van der Waals surface area (Å²) in [6, 6.07) is -0.341. The van der Waals surface area contributed by atoms with Crippen molar-refractivity contribution in [2.75, 3.05) is 32.7 Å². The van der Waals surface area contributed by atoms with Crippen molar-refractivity contribution in [3.63, 3.8) is 0 Å². The number of hydrogen-bond donors (Lipinski definition) is 1.